The number of aryl methyl sites for hydroxylation is 1. The van der Waals surface area contributed by atoms with E-state index in [0.29, 0.717) is 6.54 Å². The maximum atomic E-state index is 13.1. The van der Waals surface area contributed by atoms with E-state index < -0.39 is 5.82 Å². The highest BCUT2D eigenvalue weighted by molar-refractivity contribution is 5.44. The molecule has 1 heterocycles. The average molecular weight is 241 g/mol. The maximum Gasteiger partial charge on any atom is 0.140 e. The summed E-state index contributed by atoms with van der Waals surface area (Å²) in [7, 11) is 0. The summed E-state index contributed by atoms with van der Waals surface area (Å²) >= 11 is 0. The Kier molecular flexibility index (Phi) is 3.54. The van der Waals surface area contributed by atoms with Gasteiger partial charge in [-0.3, -0.25) is 4.98 Å². The average Bonchev–Trinajstić information content (AvgIpc) is 2.38. The van der Waals surface area contributed by atoms with Crippen LogP contribution in [0.3, 0.4) is 0 Å². The van der Waals surface area contributed by atoms with Gasteiger partial charge in [-0.15, -0.1) is 0 Å². The van der Waals surface area contributed by atoms with Crippen molar-refractivity contribution in [3.05, 3.63) is 59.2 Å². The lowest BCUT2D eigenvalue weighted by molar-refractivity contribution is 0.623. The number of halogens is 1. The van der Waals surface area contributed by atoms with Crippen LogP contribution in [0, 0.1) is 24.1 Å². The fourth-order valence-electron chi connectivity index (χ4n) is 1.62. The molecule has 0 unspecified atom stereocenters. The first kappa shape index (κ1) is 12.1. The highest BCUT2D eigenvalue weighted by atomic mass is 19.1. The van der Waals surface area contributed by atoms with Crippen molar-refractivity contribution in [2.24, 2.45) is 0 Å². The van der Waals surface area contributed by atoms with E-state index in [0.717, 1.165) is 16.8 Å². The van der Waals surface area contributed by atoms with Gasteiger partial charge in [0, 0.05) is 18.9 Å². The van der Waals surface area contributed by atoms with Gasteiger partial charge in [-0.1, -0.05) is 6.07 Å². The number of anilines is 1. The van der Waals surface area contributed by atoms with Gasteiger partial charge in [-0.05, 0) is 36.2 Å². The number of benzene rings is 1. The molecule has 18 heavy (non-hydrogen) atoms. The van der Waals surface area contributed by atoms with Crippen LogP contribution in [0.1, 0.15) is 16.7 Å². The third-order valence-corrected chi connectivity index (χ3v) is 2.52. The molecule has 90 valence electrons. The first-order valence-corrected chi connectivity index (χ1v) is 5.53. The second-order valence-electron chi connectivity index (χ2n) is 4.03. The van der Waals surface area contributed by atoms with E-state index in [1.807, 2.05) is 19.1 Å². The summed E-state index contributed by atoms with van der Waals surface area (Å²) in [6.45, 7) is 2.49. The van der Waals surface area contributed by atoms with Crippen LogP contribution in [0.4, 0.5) is 10.1 Å². The van der Waals surface area contributed by atoms with Gasteiger partial charge in [0.25, 0.3) is 0 Å². The second-order valence-corrected chi connectivity index (χ2v) is 4.03. The van der Waals surface area contributed by atoms with Crippen LogP contribution < -0.4 is 5.32 Å². The number of pyridine rings is 1. The van der Waals surface area contributed by atoms with Crippen molar-refractivity contribution < 1.29 is 4.39 Å². The fourth-order valence-corrected chi connectivity index (χ4v) is 1.62. The number of nitriles is 1. The SMILES string of the molecule is Cc1cncc(NCc2ccc(F)c(C#N)c2)c1. The van der Waals surface area contributed by atoms with E-state index in [1.165, 1.54) is 6.07 Å². The molecule has 0 saturated heterocycles. The zero-order valence-electron chi connectivity index (χ0n) is 9.94. The number of aromatic nitrogens is 1. The molecule has 0 saturated carbocycles. The molecule has 0 aliphatic carbocycles. The number of rotatable bonds is 3. The Hall–Kier alpha value is -2.41. The summed E-state index contributed by atoms with van der Waals surface area (Å²) in [6, 6.07) is 8.32. The predicted molar refractivity (Wildman–Crippen MR) is 67.4 cm³/mol. The molecule has 0 bridgehead atoms. The molecule has 0 spiro atoms. The summed E-state index contributed by atoms with van der Waals surface area (Å²) in [4.78, 5) is 4.07. The Labute approximate surface area is 105 Å². The van der Waals surface area contributed by atoms with Gasteiger partial charge in [0.05, 0.1) is 11.3 Å². The van der Waals surface area contributed by atoms with E-state index in [-0.39, 0.29) is 5.56 Å². The van der Waals surface area contributed by atoms with Gasteiger partial charge in [0.2, 0.25) is 0 Å². The highest BCUT2D eigenvalue weighted by Gasteiger charge is 2.02. The smallest absolute Gasteiger partial charge is 0.140 e. The minimum absolute atomic E-state index is 0.0664. The molecule has 0 amide bonds. The Balaban J connectivity index is 2.09. The molecule has 0 aliphatic rings. The van der Waals surface area contributed by atoms with Crippen molar-refractivity contribution in [2.75, 3.05) is 5.32 Å². The van der Waals surface area contributed by atoms with Crippen LogP contribution in [0.25, 0.3) is 0 Å². The molecule has 4 heteroatoms. The molecule has 0 aliphatic heterocycles. The summed E-state index contributed by atoms with van der Waals surface area (Å²) in [5, 5.41) is 11.9. The van der Waals surface area contributed by atoms with Gasteiger partial charge in [-0.25, -0.2) is 4.39 Å². The maximum absolute atomic E-state index is 13.1. The topological polar surface area (TPSA) is 48.7 Å². The van der Waals surface area contributed by atoms with E-state index in [4.69, 9.17) is 5.26 Å². The molecule has 1 aromatic heterocycles. The summed E-state index contributed by atoms with van der Waals surface area (Å²) in [6.07, 6.45) is 3.50. The van der Waals surface area contributed by atoms with Gasteiger partial charge in [-0.2, -0.15) is 5.26 Å². The minimum Gasteiger partial charge on any atom is -0.380 e. The van der Waals surface area contributed by atoms with Crippen LogP contribution in [-0.2, 0) is 6.54 Å². The normalized spacial score (nSPS) is 9.83. The Morgan fingerprint density at radius 1 is 1.33 bits per heavy atom. The van der Waals surface area contributed by atoms with Crippen molar-refractivity contribution in [3.63, 3.8) is 0 Å². The molecule has 2 rings (SSSR count). The van der Waals surface area contributed by atoms with Gasteiger partial charge in [0.15, 0.2) is 0 Å². The zero-order valence-corrected chi connectivity index (χ0v) is 9.94. The van der Waals surface area contributed by atoms with Gasteiger partial charge in [0.1, 0.15) is 11.9 Å². The molecular weight excluding hydrogens is 229 g/mol. The molecule has 0 atom stereocenters. The first-order chi connectivity index (χ1) is 8.69. The molecule has 3 nitrogen and oxygen atoms in total. The van der Waals surface area contributed by atoms with E-state index in [2.05, 4.69) is 10.3 Å². The van der Waals surface area contributed by atoms with E-state index in [1.54, 1.807) is 24.5 Å². The van der Waals surface area contributed by atoms with Gasteiger partial charge >= 0.3 is 0 Å². The monoisotopic (exact) mass is 241 g/mol. The van der Waals surface area contributed by atoms with Crippen molar-refractivity contribution >= 4 is 5.69 Å². The predicted octanol–water partition coefficient (Wildman–Crippen LogP) is 3.01. The Morgan fingerprint density at radius 3 is 2.89 bits per heavy atom. The van der Waals surface area contributed by atoms with Crippen LogP contribution in [-0.4, -0.2) is 4.98 Å². The van der Waals surface area contributed by atoms with Crippen molar-refractivity contribution in [3.8, 4) is 6.07 Å². The lowest BCUT2D eigenvalue weighted by atomic mass is 10.1. The minimum atomic E-state index is -0.488. The standard InChI is InChI=1S/C14H12FN3/c1-10-4-13(9-17-7-10)18-8-11-2-3-14(15)12(5-11)6-16/h2-5,7,9,18H,8H2,1H3. The summed E-state index contributed by atoms with van der Waals surface area (Å²) in [5.74, 6) is -0.488. The summed E-state index contributed by atoms with van der Waals surface area (Å²) in [5.41, 5.74) is 2.89. The lowest BCUT2D eigenvalue weighted by Crippen LogP contribution is -2.01. The molecular formula is C14H12FN3. The lowest BCUT2D eigenvalue weighted by Gasteiger charge is -2.07. The van der Waals surface area contributed by atoms with E-state index >= 15 is 0 Å². The molecule has 1 aromatic carbocycles. The third kappa shape index (κ3) is 2.83. The van der Waals surface area contributed by atoms with Crippen molar-refractivity contribution in [2.45, 2.75) is 13.5 Å². The number of hydrogen-bond acceptors (Lipinski definition) is 3. The van der Waals surface area contributed by atoms with Crippen LogP contribution in [0.5, 0.6) is 0 Å². The highest BCUT2D eigenvalue weighted by Crippen LogP contribution is 2.12. The second kappa shape index (κ2) is 5.28. The summed E-state index contributed by atoms with van der Waals surface area (Å²) < 4.78 is 13.1. The fraction of sp³-hybridized carbons (Fsp3) is 0.143. The van der Waals surface area contributed by atoms with Crippen molar-refractivity contribution in [1.82, 2.24) is 4.98 Å². The van der Waals surface area contributed by atoms with Crippen LogP contribution in [0.2, 0.25) is 0 Å². The number of nitrogens with one attached hydrogen (secondary N) is 1. The Morgan fingerprint density at radius 2 is 2.17 bits per heavy atom. The van der Waals surface area contributed by atoms with Crippen molar-refractivity contribution in [1.29, 1.82) is 5.26 Å². The largest absolute Gasteiger partial charge is 0.380 e. The third-order valence-electron chi connectivity index (χ3n) is 2.52. The zero-order chi connectivity index (χ0) is 13.0. The molecule has 2 aromatic rings. The van der Waals surface area contributed by atoms with Crippen LogP contribution in [0.15, 0.2) is 36.7 Å². The first-order valence-electron chi connectivity index (χ1n) is 5.53. The quantitative estimate of drug-likeness (QED) is 0.898. The molecule has 1 N–H and O–H groups in total. The van der Waals surface area contributed by atoms with E-state index in [9.17, 15) is 4.39 Å². The van der Waals surface area contributed by atoms with Gasteiger partial charge < -0.3 is 5.32 Å². The van der Waals surface area contributed by atoms with Crippen LogP contribution >= 0.6 is 0 Å². The number of hydrogen-bond donors (Lipinski definition) is 1. The number of nitrogens with zero attached hydrogens (tertiary/aromatic N) is 2. The molecule has 0 fully saturated rings. The molecule has 0 radical (unpaired) electrons. The Bertz CT molecular complexity index is 602.